The fourth-order valence-corrected chi connectivity index (χ4v) is 2.95. The van der Waals surface area contributed by atoms with E-state index in [1.54, 1.807) is 16.7 Å². The molecule has 0 saturated carbocycles. The Labute approximate surface area is 131 Å². The van der Waals surface area contributed by atoms with Gasteiger partial charge in [0, 0.05) is 18.4 Å². The molecule has 1 heterocycles. The predicted octanol–water partition coefficient (Wildman–Crippen LogP) is 3.51. The van der Waals surface area contributed by atoms with Gasteiger partial charge in [-0.25, -0.2) is 4.79 Å². The lowest BCUT2D eigenvalue weighted by molar-refractivity contribution is 0.165. The first-order chi connectivity index (χ1) is 9.61. The van der Waals surface area contributed by atoms with Crippen LogP contribution in [0.2, 0.25) is 10.0 Å². The van der Waals surface area contributed by atoms with Crippen molar-refractivity contribution in [3.63, 3.8) is 0 Å². The summed E-state index contributed by atoms with van der Waals surface area (Å²) in [6, 6.07) is 2.92. The number of nitrogens with zero attached hydrogens (tertiary/aromatic N) is 1. The first-order valence-corrected chi connectivity index (χ1v) is 7.62. The summed E-state index contributed by atoms with van der Waals surface area (Å²) < 4.78 is 10.5. The van der Waals surface area contributed by atoms with E-state index in [-0.39, 0.29) is 17.4 Å². The van der Waals surface area contributed by atoms with E-state index in [9.17, 15) is 4.79 Å². The number of ether oxygens (including phenoxy) is 2. The van der Waals surface area contributed by atoms with Crippen LogP contribution in [0.1, 0.15) is 0 Å². The molecule has 0 N–H and O–H groups in total. The van der Waals surface area contributed by atoms with Crippen molar-refractivity contribution in [3.05, 3.63) is 22.2 Å². The van der Waals surface area contributed by atoms with Crippen molar-refractivity contribution in [2.75, 3.05) is 24.8 Å². The van der Waals surface area contributed by atoms with Crippen molar-refractivity contribution in [2.45, 2.75) is 0 Å². The minimum absolute atomic E-state index is 0.0670. The van der Waals surface area contributed by atoms with Crippen molar-refractivity contribution in [1.82, 2.24) is 4.90 Å². The van der Waals surface area contributed by atoms with Crippen LogP contribution in [0.4, 0.5) is 4.79 Å². The molecular formula is C13H11Cl2NO3S. The maximum Gasteiger partial charge on any atom is 0.416 e. The second kappa shape index (κ2) is 6.98. The van der Waals surface area contributed by atoms with Crippen LogP contribution in [0.3, 0.4) is 0 Å². The minimum atomic E-state index is -0.442. The number of carbonyl (C=O) groups excluding carboxylic acids is 1. The minimum Gasteiger partial charge on any atom is -0.479 e. The Balaban J connectivity index is 2.13. The van der Waals surface area contributed by atoms with E-state index >= 15 is 0 Å². The number of thioether (sulfide) groups is 1. The Morgan fingerprint density at radius 1 is 1.40 bits per heavy atom. The zero-order valence-electron chi connectivity index (χ0n) is 10.4. The van der Waals surface area contributed by atoms with E-state index in [4.69, 9.17) is 39.1 Å². The highest BCUT2D eigenvalue weighted by atomic mass is 35.5. The van der Waals surface area contributed by atoms with E-state index in [1.165, 1.54) is 12.1 Å². The lowest BCUT2D eigenvalue weighted by Gasteiger charge is -2.15. The molecule has 1 aliphatic rings. The topological polar surface area (TPSA) is 38.8 Å². The van der Waals surface area contributed by atoms with Crippen LogP contribution in [0.25, 0.3) is 0 Å². The average Bonchev–Trinajstić information content (AvgIpc) is 2.94. The van der Waals surface area contributed by atoms with Gasteiger partial charge in [0.15, 0.2) is 5.75 Å². The third-order valence-electron chi connectivity index (χ3n) is 2.51. The zero-order valence-corrected chi connectivity index (χ0v) is 12.7. The van der Waals surface area contributed by atoms with E-state index in [0.717, 1.165) is 5.75 Å². The van der Waals surface area contributed by atoms with E-state index in [2.05, 4.69) is 5.92 Å². The number of amides is 1. The van der Waals surface area contributed by atoms with Crippen molar-refractivity contribution >= 4 is 41.1 Å². The second-order valence-electron chi connectivity index (χ2n) is 3.87. The Morgan fingerprint density at radius 3 is 2.80 bits per heavy atom. The van der Waals surface area contributed by atoms with Gasteiger partial charge in [-0.1, -0.05) is 29.1 Å². The van der Waals surface area contributed by atoms with Crippen LogP contribution in [0, 0.1) is 12.3 Å². The molecule has 0 unspecified atom stereocenters. The van der Waals surface area contributed by atoms with Crippen LogP contribution < -0.4 is 9.47 Å². The van der Waals surface area contributed by atoms with Gasteiger partial charge in [0.25, 0.3) is 0 Å². The van der Waals surface area contributed by atoms with Crippen LogP contribution in [-0.2, 0) is 0 Å². The normalized spacial score (nSPS) is 13.9. The SMILES string of the molecule is C#CCOc1cc(OC(=O)N2CCSC2)c(Cl)cc1Cl. The number of rotatable bonds is 3. The average molecular weight is 332 g/mol. The highest BCUT2D eigenvalue weighted by Gasteiger charge is 2.22. The van der Waals surface area contributed by atoms with Gasteiger partial charge in [-0.2, -0.15) is 0 Å². The molecule has 1 saturated heterocycles. The molecule has 106 valence electrons. The molecule has 0 radical (unpaired) electrons. The molecule has 4 nitrogen and oxygen atoms in total. The number of benzene rings is 1. The maximum absolute atomic E-state index is 11.9. The summed E-state index contributed by atoms with van der Waals surface area (Å²) in [6.45, 7) is 0.729. The Kier molecular flexibility index (Phi) is 5.30. The fourth-order valence-electron chi connectivity index (χ4n) is 1.54. The lowest BCUT2D eigenvalue weighted by Crippen LogP contribution is -2.30. The molecule has 20 heavy (non-hydrogen) atoms. The van der Waals surface area contributed by atoms with Crippen molar-refractivity contribution in [2.24, 2.45) is 0 Å². The third kappa shape index (κ3) is 3.66. The molecule has 2 rings (SSSR count). The molecule has 1 aromatic rings. The molecule has 0 aromatic heterocycles. The molecule has 1 aromatic carbocycles. The summed E-state index contributed by atoms with van der Waals surface area (Å²) in [5.74, 6) is 4.37. The Hall–Kier alpha value is -1.22. The number of carbonyl (C=O) groups is 1. The number of halogens is 2. The van der Waals surface area contributed by atoms with Gasteiger partial charge in [-0.3, -0.25) is 4.90 Å². The van der Waals surface area contributed by atoms with Gasteiger partial charge in [-0.05, 0) is 6.07 Å². The number of hydrogen-bond donors (Lipinski definition) is 0. The van der Waals surface area contributed by atoms with Gasteiger partial charge in [0.05, 0.1) is 15.9 Å². The first kappa shape index (κ1) is 15.2. The fraction of sp³-hybridized carbons (Fsp3) is 0.308. The van der Waals surface area contributed by atoms with E-state index in [1.807, 2.05) is 0 Å². The van der Waals surface area contributed by atoms with Crippen molar-refractivity contribution < 1.29 is 14.3 Å². The van der Waals surface area contributed by atoms with Gasteiger partial charge >= 0.3 is 6.09 Å². The Morgan fingerprint density at radius 2 is 2.15 bits per heavy atom. The van der Waals surface area contributed by atoms with E-state index in [0.29, 0.717) is 23.2 Å². The molecule has 7 heteroatoms. The van der Waals surface area contributed by atoms with Crippen molar-refractivity contribution in [3.8, 4) is 23.8 Å². The molecule has 1 aliphatic heterocycles. The maximum atomic E-state index is 11.9. The standard InChI is InChI=1S/C13H11Cl2NO3S/c1-2-4-18-11-7-12(10(15)6-9(11)14)19-13(17)16-3-5-20-8-16/h1,6-7H,3-5,8H2. The molecular weight excluding hydrogens is 321 g/mol. The summed E-state index contributed by atoms with van der Waals surface area (Å²) in [7, 11) is 0. The molecule has 0 spiro atoms. The summed E-state index contributed by atoms with van der Waals surface area (Å²) in [4.78, 5) is 13.5. The first-order valence-electron chi connectivity index (χ1n) is 5.71. The Bertz CT molecular complexity index is 553. The monoisotopic (exact) mass is 331 g/mol. The smallest absolute Gasteiger partial charge is 0.416 e. The summed E-state index contributed by atoms with van der Waals surface area (Å²) >= 11 is 13.6. The summed E-state index contributed by atoms with van der Waals surface area (Å²) in [6.07, 6.45) is 4.68. The van der Waals surface area contributed by atoms with Gasteiger partial charge in [0.2, 0.25) is 0 Å². The molecule has 0 aliphatic carbocycles. The summed E-state index contributed by atoms with van der Waals surface area (Å²) in [5.41, 5.74) is 0. The highest BCUT2D eigenvalue weighted by molar-refractivity contribution is 7.99. The number of terminal acetylenes is 1. The summed E-state index contributed by atoms with van der Waals surface area (Å²) in [5, 5.41) is 0.546. The van der Waals surface area contributed by atoms with Crippen LogP contribution in [0.5, 0.6) is 11.5 Å². The van der Waals surface area contributed by atoms with Gasteiger partial charge in [0.1, 0.15) is 12.4 Å². The molecule has 0 atom stereocenters. The van der Waals surface area contributed by atoms with Crippen molar-refractivity contribution in [1.29, 1.82) is 0 Å². The van der Waals surface area contributed by atoms with Crippen LogP contribution in [-0.4, -0.2) is 35.8 Å². The molecule has 1 fully saturated rings. The van der Waals surface area contributed by atoms with E-state index < -0.39 is 6.09 Å². The van der Waals surface area contributed by atoms with Crippen LogP contribution >= 0.6 is 35.0 Å². The molecule has 1 amide bonds. The van der Waals surface area contributed by atoms with Crippen LogP contribution in [0.15, 0.2) is 12.1 Å². The van der Waals surface area contributed by atoms with Gasteiger partial charge < -0.3 is 9.47 Å². The lowest BCUT2D eigenvalue weighted by atomic mass is 10.3. The molecule has 0 bridgehead atoms. The second-order valence-corrected chi connectivity index (χ2v) is 5.76. The third-order valence-corrected chi connectivity index (χ3v) is 4.06. The largest absolute Gasteiger partial charge is 0.479 e. The number of hydrogen-bond acceptors (Lipinski definition) is 4. The predicted molar refractivity (Wildman–Crippen MR) is 80.8 cm³/mol. The van der Waals surface area contributed by atoms with Gasteiger partial charge in [-0.15, -0.1) is 18.2 Å². The highest BCUT2D eigenvalue weighted by Crippen LogP contribution is 2.36. The quantitative estimate of drug-likeness (QED) is 0.794. The zero-order chi connectivity index (χ0) is 14.5.